The van der Waals surface area contributed by atoms with Gasteiger partial charge < -0.3 is 20.5 Å². The van der Waals surface area contributed by atoms with Gasteiger partial charge >= 0.3 is 0 Å². The minimum Gasteiger partial charge on any atom is -0.392 e. The third kappa shape index (κ3) is 4.30. The first-order chi connectivity index (χ1) is 11.6. The number of carbonyl (C=O) groups excluding carboxylic acids is 1. The predicted octanol–water partition coefficient (Wildman–Crippen LogP) is 0.0380. The number of hydrogen-bond donors (Lipinski definition) is 3. The van der Waals surface area contributed by atoms with Crippen molar-refractivity contribution in [2.24, 2.45) is 0 Å². The molecule has 0 bridgehead atoms. The molecule has 2 fully saturated rings. The highest BCUT2D eigenvalue weighted by atomic mass is 19.1. The molecule has 0 radical (unpaired) electrons. The van der Waals surface area contributed by atoms with Gasteiger partial charge in [0.2, 0.25) is 5.91 Å². The van der Waals surface area contributed by atoms with Crippen molar-refractivity contribution >= 4 is 5.91 Å². The number of aliphatic hydroxyl groups excluding tert-OH is 1. The summed E-state index contributed by atoms with van der Waals surface area (Å²) in [5.74, 6) is -0.375. The van der Waals surface area contributed by atoms with Crippen molar-refractivity contribution in [1.82, 2.24) is 15.5 Å². The summed E-state index contributed by atoms with van der Waals surface area (Å²) in [6.45, 7) is 3.75. The number of β-amino-alcohol motifs (C(OH)–C–C–N with tert-alkyl or cyclic N) is 1. The Bertz CT molecular complexity index is 549. The average molecular weight is 337 g/mol. The van der Waals surface area contributed by atoms with Crippen molar-refractivity contribution in [2.75, 3.05) is 39.4 Å². The lowest BCUT2D eigenvalue weighted by Crippen LogP contribution is -2.47. The number of carbonyl (C=O) groups is 1. The van der Waals surface area contributed by atoms with Gasteiger partial charge in [0.25, 0.3) is 0 Å². The Morgan fingerprint density at radius 2 is 2.08 bits per heavy atom. The summed E-state index contributed by atoms with van der Waals surface area (Å²) in [4.78, 5) is 14.5. The first-order valence-electron chi connectivity index (χ1n) is 8.40. The Kier molecular flexibility index (Phi) is 5.78. The lowest BCUT2D eigenvalue weighted by Gasteiger charge is -2.35. The molecule has 2 saturated heterocycles. The van der Waals surface area contributed by atoms with Gasteiger partial charge in [-0.2, -0.15) is 0 Å². The Morgan fingerprint density at radius 3 is 2.71 bits per heavy atom. The van der Waals surface area contributed by atoms with Crippen LogP contribution in [-0.4, -0.2) is 67.5 Å². The van der Waals surface area contributed by atoms with Crippen molar-refractivity contribution in [2.45, 2.75) is 24.6 Å². The van der Waals surface area contributed by atoms with E-state index in [1.54, 1.807) is 12.1 Å². The van der Waals surface area contributed by atoms with Crippen LogP contribution in [0.25, 0.3) is 0 Å². The average Bonchev–Trinajstić information content (AvgIpc) is 3.04. The number of hydrogen-bond acceptors (Lipinski definition) is 5. The summed E-state index contributed by atoms with van der Waals surface area (Å²) in [6, 6.07) is 6.04. The fraction of sp³-hybridized carbons (Fsp3) is 0.588. The van der Waals surface area contributed by atoms with Crippen LogP contribution in [0.4, 0.5) is 4.39 Å². The summed E-state index contributed by atoms with van der Waals surface area (Å²) in [5, 5.41) is 15.5. The Balaban J connectivity index is 1.65. The molecule has 2 aliphatic rings. The molecule has 6 nitrogen and oxygen atoms in total. The van der Waals surface area contributed by atoms with Crippen molar-refractivity contribution in [3.63, 3.8) is 0 Å². The van der Waals surface area contributed by atoms with E-state index < -0.39 is 6.10 Å². The van der Waals surface area contributed by atoms with E-state index in [1.807, 2.05) is 0 Å². The number of aliphatic hydroxyl groups is 1. The van der Waals surface area contributed by atoms with Crippen LogP contribution in [0.15, 0.2) is 24.3 Å². The molecule has 0 aromatic heterocycles. The molecule has 3 N–H and O–H groups in total. The second kappa shape index (κ2) is 8.02. The number of nitrogens with one attached hydrogen (secondary N) is 2. The van der Waals surface area contributed by atoms with Crippen molar-refractivity contribution < 1.29 is 19.0 Å². The predicted molar refractivity (Wildman–Crippen MR) is 87.0 cm³/mol. The first-order valence-corrected chi connectivity index (χ1v) is 8.40. The highest BCUT2D eigenvalue weighted by Gasteiger charge is 2.29. The smallest absolute Gasteiger partial charge is 0.237 e. The quantitative estimate of drug-likeness (QED) is 0.707. The molecule has 0 saturated carbocycles. The minimum absolute atomic E-state index is 0.0234. The molecule has 3 rings (SSSR count). The van der Waals surface area contributed by atoms with E-state index in [1.165, 1.54) is 12.1 Å². The van der Waals surface area contributed by atoms with Crippen LogP contribution in [0.1, 0.15) is 18.0 Å². The fourth-order valence-corrected chi connectivity index (χ4v) is 3.27. The van der Waals surface area contributed by atoms with Gasteiger partial charge in [0.15, 0.2) is 0 Å². The van der Waals surface area contributed by atoms with Crippen LogP contribution in [-0.2, 0) is 9.53 Å². The first kappa shape index (κ1) is 17.3. The lowest BCUT2D eigenvalue weighted by atomic mass is 10.0. The molecule has 1 amide bonds. The van der Waals surface area contributed by atoms with Crippen LogP contribution >= 0.6 is 0 Å². The number of amides is 1. The van der Waals surface area contributed by atoms with Crippen LogP contribution in [0, 0.1) is 5.82 Å². The van der Waals surface area contributed by atoms with E-state index in [0.29, 0.717) is 32.7 Å². The van der Waals surface area contributed by atoms with Crippen LogP contribution in [0.5, 0.6) is 0 Å². The van der Waals surface area contributed by atoms with Gasteiger partial charge in [0.05, 0.1) is 31.4 Å². The molecular formula is C17H24FN3O3. The molecule has 2 heterocycles. The van der Waals surface area contributed by atoms with Crippen molar-refractivity contribution in [1.29, 1.82) is 0 Å². The molecule has 132 valence electrons. The van der Waals surface area contributed by atoms with E-state index >= 15 is 0 Å². The Morgan fingerprint density at radius 1 is 1.38 bits per heavy atom. The van der Waals surface area contributed by atoms with Gasteiger partial charge in [-0.3, -0.25) is 9.69 Å². The topological polar surface area (TPSA) is 73.8 Å². The molecule has 0 spiro atoms. The van der Waals surface area contributed by atoms with E-state index in [4.69, 9.17) is 4.74 Å². The maximum absolute atomic E-state index is 13.2. The van der Waals surface area contributed by atoms with Crippen LogP contribution < -0.4 is 10.6 Å². The fourth-order valence-electron chi connectivity index (χ4n) is 3.27. The summed E-state index contributed by atoms with van der Waals surface area (Å²) in [7, 11) is 0. The zero-order chi connectivity index (χ0) is 16.9. The summed E-state index contributed by atoms with van der Waals surface area (Å²) in [6.07, 6.45) is -0.0298. The largest absolute Gasteiger partial charge is 0.392 e. The van der Waals surface area contributed by atoms with E-state index in [2.05, 4.69) is 15.5 Å². The van der Waals surface area contributed by atoms with Gasteiger partial charge in [-0.15, -0.1) is 0 Å². The molecule has 7 heteroatoms. The van der Waals surface area contributed by atoms with Crippen molar-refractivity contribution in [3.8, 4) is 0 Å². The third-order valence-corrected chi connectivity index (χ3v) is 4.64. The molecule has 3 atom stereocenters. The number of benzene rings is 1. The van der Waals surface area contributed by atoms with Gasteiger partial charge in [0.1, 0.15) is 5.82 Å². The van der Waals surface area contributed by atoms with Crippen LogP contribution in [0.3, 0.4) is 0 Å². The van der Waals surface area contributed by atoms with Gasteiger partial charge in [-0.05, 0) is 24.1 Å². The molecule has 0 aliphatic carbocycles. The summed E-state index contributed by atoms with van der Waals surface area (Å²) < 4.78 is 18.6. The number of rotatable bonds is 5. The SMILES string of the molecule is O=C(NCC(c1ccc(F)cc1)N1CCOCC1)C1CC(O)CN1. The summed E-state index contributed by atoms with van der Waals surface area (Å²) >= 11 is 0. The standard InChI is InChI=1S/C17H24FN3O3/c18-13-3-1-12(2-4-13)16(21-5-7-24-8-6-21)11-20-17(23)15-9-14(22)10-19-15/h1-4,14-16,19,22H,5-11H2,(H,20,23). The third-order valence-electron chi connectivity index (χ3n) is 4.64. The maximum atomic E-state index is 13.2. The monoisotopic (exact) mass is 337 g/mol. The molecule has 2 aliphatic heterocycles. The minimum atomic E-state index is -0.465. The molecular weight excluding hydrogens is 313 g/mol. The van der Waals surface area contributed by atoms with Gasteiger partial charge in [-0.1, -0.05) is 12.1 Å². The van der Waals surface area contributed by atoms with Gasteiger partial charge in [0, 0.05) is 26.2 Å². The highest BCUT2D eigenvalue weighted by molar-refractivity contribution is 5.82. The zero-order valence-electron chi connectivity index (χ0n) is 13.6. The van der Waals surface area contributed by atoms with E-state index in [0.717, 1.165) is 18.7 Å². The zero-order valence-corrected chi connectivity index (χ0v) is 13.6. The van der Waals surface area contributed by atoms with Crippen LogP contribution in [0.2, 0.25) is 0 Å². The number of halogens is 1. The summed E-state index contributed by atoms with van der Waals surface area (Å²) in [5.41, 5.74) is 0.970. The molecule has 24 heavy (non-hydrogen) atoms. The van der Waals surface area contributed by atoms with Gasteiger partial charge in [-0.25, -0.2) is 4.39 Å². The number of nitrogens with zero attached hydrogens (tertiary/aromatic N) is 1. The molecule has 1 aromatic rings. The lowest BCUT2D eigenvalue weighted by molar-refractivity contribution is -0.123. The van der Waals surface area contributed by atoms with E-state index in [-0.39, 0.29) is 23.8 Å². The second-order valence-electron chi connectivity index (χ2n) is 6.31. The molecule has 3 unspecified atom stereocenters. The number of ether oxygens (including phenoxy) is 1. The number of morpholine rings is 1. The van der Waals surface area contributed by atoms with E-state index in [9.17, 15) is 14.3 Å². The normalized spacial score (nSPS) is 26.2. The second-order valence-corrected chi connectivity index (χ2v) is 6.31. The Hall–Kier alpha value is -1.54. The molecule has 1 aromatic carbocycles. The maximum Gasteiger partial charge on any atom is 0.237 e. The Labute approximate surface area is 141 Å². The van der Waals surface area contributed by atoms with Crippen molar-refractivity contribution in [3.05, 3.63) is 35.6 Å². The highest BCUT2D eigenvalue weighted by Crippen LogP contribution is 2.22.